The molecular weight excluding hydrogens is 120 g/mol. The number of hydrogen-bond donors (Lipinski definition) is 0. The van der Waals surface area contributed by atoms with Crippen LogP contribution in [0.25, 0.3) is 0 Å². The molecule has 0 atom stereocenters. The zero-order valence-electron chi connectivity index (χ0n) is 6.77. The highest BCUT2D eigenvalue weighted by atomic mass is 14.1. The van der Waals surface area contributed by atoms with Gasteiger partial charge in [0.2, 0.25) is 0 Å². The van der Waals surface area contributed by atoms with Gasteiger partial charge in [0.05, 0.1) is 0 Å². The van der Waals surface area contributed by atoms with Crippen molar-refractivity contribution in [3.05, 3.63) is 23.8 Å². The topological polar surface area (TPSA) is 0 Å². The van der Waals surface area contributed by atoms with Crippen LogP contribution in [0.4, 0.5) is 0 Å². The SMILES string of the molecule is CC=CCCC1=CCCC1. The van der Waals surface area contributed by atoms with E-state index in [2.05, 4.69) is 25.2 Å². The van der Waals surface area contributed by atoms with Crippen LogP contribution < -0.4 is 0 Å². The Morgan fingerprint density at radius 2 is 2.50 bits per heavy atom. The van der Waals surface area contributed by atoms with E-state index in [0.717, 1.165) is 0 Å². The van der Waals surface area contributed by atoms with E-state index < -0.39 is 0 Å². The van der Waals surface area contributed by atoms with Gasteiger partial charge >= 0.3 is 0 Å². The van der Waals surface area contributed by atoms with E-state index in [0.29, 0.717) is 0 Å². The van der Waals surface area contributed by atoms with Gasteiger partial charge in [-0.15, -0.1) is 0 Å². The normalized spacial score (nSPS) is 18.3. The van der Waals surface area contributed by atoms with Crippen molar-refractivity contribution in [3.8, 4) is 0 Å². The highest BCUT2D eigenvalue weighted by Gasteiger charge is 2.01. The quantitative estimate of drug-likeness (QED) is 0.521. The van der Waals surface area contributed by atoms with E-state index in [4.69, 9.17) is 0 Å². The summed E-state index contributed by atoms with van der Waals surface area (Å²) in [4.78, 5) is 0. The number of hydrogen-bond acceptors (Lipinski definition) is 0. The van der Waals surface area contributed by atoms with Crippen molar-refractivity contribution in [3.63, 3.8) is 0 Å². The van der Waals surface area contributed by atoms with Crippen LogP contribution in [-0.4, -0.2) is 0 Å². The number of rotatable bonds is 3. The van der Waals surface area contributed by atoms with Gasteiger partial charge in [0.1, 0.15) is 0 Å². The Balaban J connectivity index is 2.12. The van der Waals surface area contributed by atoms with Crippen LogP contribution in [0, 0.1) is 0 Å². The fourth-order valence-electron chi connectivity index (χ4n) is 1.40. The molecule has 0 heteroatoms. The van der Waals surface area contributed by atoms with E-state index in [9.17, 15) is 0 Å². The zero-order valence-corrected chi connectivity index (χ0v) is 6.77. The summed E-state index contributed by atoms with van der Waals surface area (Å²) < 4.78 is 0. The molecule has 0 N–H and O–H groups in total. The van der Waals surface area contributed by atoms with E-state index in [1.807, 2.05) is 0 Å². The third-order valence-electron chi connectivity index (χ3n) is 2.00. The predicted molar refractivity (Wildman–Crippen MR) is 46.0 cm³/mol. The van der Waals surface area contributed by atoms with Gasteiger partial charge in [-0.2, -0.15) is 0 Å². The predicted octanol–water partition coefficient (Wildman–Crippen LogP) is 3.45. The Hall–Kier alpha value is -0.520. The van der Waals surface area contributed by atoms with Crippen LogP contribution in [0.5, 0.6) is 0 Å². The van der Waals surface area contributed by atoms with Crippen molar-refractivity contribution in [2.75, 3.05) is 0 Å². The van der Waals surface area contributed by atoms with Gasteiger partial charge in [0, 0.05) is 0 Å². The highest BCUT2D eigenvalue weighted by Crippen LogP contribution is 2.21. The Morgan fingerprint density at radius 1 is 1.60 bits per heavy atom. The first-order valence-corrected chi connectivity index (χ1v) is 4.22. The Bertz CT molecular complexity index is 140. The average molecular weight is 136 g/mol. The lowest BCUT2D eigenvalue weighted by molar-refractivity contribution is 0.855. The molecule has 56 valence electrons. The van der Waals surface area contributed by atoms with Crippen LogP contribution in [-0.2, 0) is 0 Å². The highest BCUT2D eigenvalue weighted by molar-refractivity contribution is 5.08. The van der Waals surface area contributed by atoms with Gasteiger partial charge < -0.3 is 0 Å². The van der Waals surface area contributed by atoms with Crippen LogP contribution in [0.3, 0.4) is 0 Å². The summed E-state index contributed by atoms with van der Waals surface area (Å²) in [5.41, 5.74) is 1.68. The summed E-state index contributed by atoms with van der Waals surface area (Å²) in [5.74, 6) is 0. The first-order valence-electron chi connectivity index (χ1n) is 4.22. The van der Waals surface area contributed by atoms with Gasteiger partial charge in [-0.1, -0.05) is 23.8 Å². The Labute approximate surface area is 63.6 Å². The standard InChI is InChI=1S/C10H16/c1-2-3-4-7-10-8-5-6-9-10/h2-3,8H,4-7,9H2,1H3. The molecule has 0 amide bonds. The third kappa shape index (κ3) is 2.38. The summed E-state index contributed by atoms with van der Waals surface area (Å²) >= 11 is 0. The second kappa shape index (κ2) is 4.32. The van der Waals surface area contributed by atoms with Crippen molar-refractivity contribution in [2.45, 2.75) is 39.0 Å². The van der Waals surface area contributed by atoms with E-state index in [1.165, 1.54) is 32.1 Å². The van der Waals surface area contributed by atoms with Crippen molar-refractivity contribution in [2.24, 2.45) is 0 Å². The second-order valence-electron chi connectivity index (χ2n) is 2.86. The summed E-state index contributed by atoms with van der Waals surface area (Å²) in [5, 5.41) is 0. The van der Waals surface area contributed by atoms with Crippen LogP contribution in [0.15, 0.2) is 23.8 Å². The lowest BCUT2D eigenvalue weighted by Crippen LogP contribution is -1.75. The minimum atomic E-state index is 1.24. The van der Waals surface area contributed by atoms with Gasteiger partial charge in [-0.05, 0) is 39.0 Å². The molecule has 1 aliphatic rings. The monoisotopic (exact) mass is 136 g/mol. The van der Waals surface area contributed by atoms with Crippen molar-refractivity contribution >= 4 is 0 Å². The number of allylic oxidation sites excluding steroid dienone is 4. The van der Waals surface area contributed by atoms with Gasteiger partial charge in [0.15, 0.2) is 0 Å². The summed E-state index contributed by atoms with van der Waals surface area (Å²) in [6.45, 7) is 2.09. The first-order chi connectivity index (χ1) is 4.93. The smallest absolute Gasteiger partial charge is 0.0286 e. The average Bonchev–Trinajstić information content (AvgIpc) is 2.41. The molecule has 1 aliphatic carbocycles. The summed E-state index contributed by atoms with van der Waals surface area (Å²) in [6.07, 6.45) is 13.4. The molecule has 10 heavy (non-hydrogen) atoms. The molecule has 0 heterocycles. The second-order valence-corrected chi connectivity index (χ2v) is 2.86. The third-order valence-corrected chi connectivity index (χ3v) is 2.00. The van der Waals surface area contributed by atoms with E-state index in [-0.39, 0.29) is 0 Å². The molecule has 0 aromatic heterocycles. The molecule has 0 radical (unpaired) electrons. The molecule has 0 saturated heterocycles. The van der Waals surface area contributed by atoms with Crippen molar-refractivity contribution in [1.82, 2.24) is 0 Å². The Morgan fingerprint density at radius 3 is 3.10 bits per heavy atom. The Kier molecular flexibility index (Phi) is 3.28. The maximum absolute atomic E-state index is 2.41. The minimum absolute atomic E-state index is 1.24. The van der Waals surface area contributed by atoms with Gasteiger partial charge in [-0.3, -0.25) is 0 Å². The minimum Gasteiger partial charge on any atom is -0.0917 e. The van der Waals surface area contributed by atoms with Crippen LogP contribution in [0.1, 0.15) is 39.0 Å². The molecule has 1 rings (SSSR count). The first kappa shape index (κ1) is 7.59. The lowest BCUT2D eigenvalue weighted by atomic mass is 10.1. The van der Waals surface area contributed by atoms with Gasteiger partial charge in [0.25, 0.3) is 0 Å². The molecule has 0 nitrogen and oxygen atoms in total. The molecule has 0 saturated carbocycles. The van der Waals surface area contributed by atoms with Crippen molar-refractivity contribution in [1.29, 1.82) is 0 Å². The van der Waals surface area contributed by atoms with Gasteiger partial charge in [-0.25, -0.2) is 0 Å². The lowest BCUT2D eigenvalue weighted by Gasteiger charge is -1.95. The molecule has 0 aromatic carbocycles. The zero-order chi connectivity index (χ0) is 7.23. The maximum atomic E-state index is 2.41. The van der Waals surface area contributed by atoms with Crippen LogP contribution in [0.2, 0.25) is 0 Å². The molecule has 0 unspecified atom stereocenters. The summed E-state index contributed by atoms with van der Waals surface area (Å²) in [7, 11) is 0. The molecular formula is C10H16. The molecule has 0 spiro atoms. The molecule has 0 fully saturated rings. The fourth-order valence-corrected chi connectivity index (χ4v) is 1.40. The van der Waals surface area contributed by atoms with E-state index in [1.54, 1.807) is 5.57 Å². The summed E-state index contributed by atoms with van der Waals surface area (Å²) in [6, 6.07) is 0. The fraction of sp³-hybridized carbons (Fsp3) is 0.600. The van der Waals surface area contributed by atoms with E-state index >= 15 is 0 Å². The largest absolute Gasteiger partial charge is 0.0917 e. The molecule has 0 aromatic rings. The maximum Gasteiger partial charge on any atom is -0.0286 e. The van der Waals surface area contributed by atoms with Crippen molar-refractivity contribution < 1.29 is 0 Å². The molecule has 0 aliphatic heterocycles. The van der Waals surface area contributed by atoms with Crippen LogP contribution >= 0.6 is 0 Å². The molecule has 0 bridgehead atoms.